The lowest BCUT2D eigenvalue weighted by atomic mass is 9.90. The van der Waals surface area contributed by atoms with Crippen LogP contribution < -0.4 is 0 Å². The molecule has 1 fully saturated rings. The van der Waals surface area contributed by atoms with E-state index in [4.69, 9.17) is 0 Å². The molecule has 0 spiro atoms. The highest BCUT2D eigenvalue weighted by Gasteiger charge is 2.36. The number of hydrogen-bond donors (Lipinski definition) is 1. The van der Waals surface area contributed by atoms with Crippen molar-refractivity contribution in [1.29, 1.82) is 0 Å². The van der Waals surface area contributed by atoms with Crippen LogP contribution in [0.1, 0.15) is 36.4 Å². The lowest BCUT2D eigenvalue weighted by Crippen LogP contribution is -2.46. The van der Waals surface area contributed by atoms with Crippen molar-refractivity contribution in [1.82, 2.24) is 4.90 Å². The Morgan fingerprint density at radius 2 is 1.61 bits per heavy atom. The first-order valence-electron chi connectivity index (χ1n) is 10.8. The van der Waals surface area contributed by atoms with Crippen LogP contribution in [0.3, 0.4) is 0 Å². The van der Waals surface area contributed by atoms with Crippen LogP contribution in [0, 0.1) is 0 Å². The van der Waals surface area contributed by atoms with Crippen molar-refractivity contribution in [2.45, 2.75) is 31.3 Å². The highest BCUT2D eigenvalue weighted by Crippen LogP contribution is 2.40. The number of benzene rings is 3. The van der Waals surface area contributed by atoms with Gasteiger partial charge in [-0.25, -0.2) is 0 Å². The molecule has 0 aliphatic carbocycles. The molecule has 4 heteroatoms. The molecule has 31 heavy (non-hydrogen) atoms. The zero-order valence-corrected chi connectivity index (χ0v) is 18.1. The summed E-state index contributed by atoms with van der Waals surface area (Å²) in [5, 5.41) is 13.4. The van der Waals surface area contributed by atoms with Crippen molar-refractivity contribution >= 4 is 27.4 Å². The summed E-state index contributed by atoms with van der Waals surface area (Å²) in [6, 6.07) is 26.9. The fraction of sp³-hybridized carbons (Fsp3) is 0.222. The molecule has 4 aromatic rings. The van der Waals surface area contributed by atoms with Crippen molar-refractivity contribution in [2.24, 2.45) is 0 Å². The molecule has 3 aromatic carbocycles. The molecule has 0 bridgehead atoms. The maximum absolute atomic E-state index is 12.1. The van der Waals surface area contributed by atoms with Gasteiger partial charge in [-0.1, -0.05) is 79.2 Å². The summed E-state index contributed by atoms with van der Waals surface area (Å²) < 4.78 is 1.24. The second kappa shape index (κ2) is 8.66. The fourth-order valence-electron chi connectivity index (χ4n) is 4.78. The molecule has 1 aliphatic rings. The molecule has 2 heterocycles. The molecule has 0 saturated carbocycles. The Labute approximate surface area is 186 Å². The average Bonchev–Trinajstić information content (AvgIpc) is 3.24. The Morgan fingerprint density at radius 3 is 2.39 bits per heavy atom. The van der Waals surface area contributed by atoms with E-state index in [2.05, 4.69) is 83.1 Å². The van der Waals surface area contributed by atoms with Gasteiger partial charge in [0.1, 0.15) is 6.04 Å². The van der Waals surface area contributed by atoms with Gasteiger partial charge in [0, 0.05) is 4.70 Å². The van der Waals surface area contributed by atoms with E-state index >= 15 is 0 Å². The minimum atomic E-state index is -0.717. The minimum Gasteiger partial charge on any atom is -0.480 e. The van der Waals surface area contributed by atoms with E-state index in [9.17, 15) is 9.90 Å². The first-order valence-corrected chi connectivity index (χ1v) is 11.7. The number of hydrogen-bond acceptors (Lipinski definition) is 3. The molecular weight excluding hydrogens is 402 g/mol. The summed E-state index contributed by atoms with van der Waals surface area (Å²) in [5.74, 6) is -0.717. The number of carboxylic acid groups (broad SMARTS) is 1. The number of aliphatic carboxylic acids is 1. The van der Waals surface area contributed by atoms with Gasteiger partial charge in [-0.05, 0) is 58.5 Å². The number of nitrogens with zero attached hydrogens (tertiary/aromatic N) is 1. The molecule has 3 nitrogen and oxygen atoms in total. The van der Waals surface area contributed by atoms with E-state index < -0.39 is 12.0 Å². The maximum atomic E-state index is 12.1. The number of thiophene rings is 1. The van der Waals surface area contributed by atoms with E-state index in [-0.39, 0.29) is 6.04 Å². The van der Waals surface area contributed by atoms with Gasteiger partial charge in [0.15, 0.2) is 0 Å². The predicted octanol–water partition coefficient (Wildman–Crippen LogP) is 6.60. The number of rotatable bonds is 5. The van der Waals surface area contributed by atoms with E-state index in [0.29, 0.717) is 6.42 Å². The Balaban J connectivity index is 1.61. The summed E-state index contributed by atoms with van der Waals surface area (Å²) in [6.45, 7) is 0.798. The summed E-state index contributed by atoms with van der Waals surface area (Å²) in [6.07, 6.45) is 2.71. The highest BCUT2D eigenvalue weighted by atomic mass is 32.1. The molecule has 1 saturated heterocycles. The topological polar surface area (TPSA) is 40.5 Å². The van der Waals surface area contributed by atoms with Crippen LogP contribution in [0.15, 0.2) is 84.2 Å². The predicted molar refractivity (Wildman–Crippen MR) is 128 cm³/mol. The van der Waals surface area contributed by atoms with Crippen molar-refractivity contribution in [3.63, 3.8) is 0 Å². The molecule has 1 aliphatic heterocycles. The summed E-state index contributed by atoms with van der Waals surface area (Å²) in [7, 11) is 0. The molecule has 2 atom stereocenters. The lowest BCUT2D eigenvalue weighted by molar-refractivity contribution is -0.145. The van der Waals surface area contributed by atoms with Crippen LogP contribution in [0.5, 0.6) is 0 Å². The van der Waals surface area contributed by atoms with Gasteiger partial charge in [-0.15, -0.1) is 11.3 Å². The van der Waals surface area contributed by atoms with Gasteiger partial charge >= 0.3 is 5.97 Å². The van der Waals surface area contributed by atoms with Gasteiger partial charge < -0.3 is 5.11 Å². The molecular formula is C27H25NO2S. The van der Waals surface area contributed by atoms with Crippen LogP contribution in [-0.4, -0.2) is 28.6 Å². The Kier molecular flexibility index (Phi) is 5.58. The Morgan fingerprint density at radius 1 is 0.903 bits per heavy atom. The molecule has 1 N–H and O–H groups in total. The largest absolute Gasteiger partial charge is 0.480 e. The molecule has 0 amide bonds. The average molecular weight is 428 g/mol. The summed E-state index contributed by atoms with van der Waals surface area (Å²) >= 11 is 1.74. The fourth-order valence-corrected chi connectivity index (χ4v) is 5.76. The summed E-state index contributed by atoms with van der Waals surface area (Å²) in [4.78, 5) is 14.3. The highest BCUT2D eigenvalue weighted by molar-refractivity contribution is 7.17. The van der Waals surface area contributed by atoms with E-state index in [0.717, 1.165) is 24.9 Å². The third-order valence-electron chi connectivity index (χ3n) is 6.30. The summed E-state index contributed by atoms with van der Waals surface area (Å²) in [5.41, 5.74) is 4.72. The number of piperidine rings is 1. The van der Waals surface area contributed by atoms with Crippen molar-refractivity contribution in [2.75, 3.05) is 6.54 Å². The molecule has 5 rings (SSSR count). The van der Waals surface area contributed by atoms with Crippen molar-refractivity contribution < 1.29 is 9.90 Å². The van der Waals surface area contributed by atoms with Crippen molar-refractivity contribution in [3.05, 3.63) is 95.4 Å². The van der Waals surface area contributed by atoms with Gasteiger partial charge in [-0.2, -0.15) is 0 Å². The van der Waals surface area contributed by atoms with E-state index in [1.807, 2.05) is 6.07 Å². The second-order valence-electron chi connectivity index (χ2n) is 8.17. The number of likely N-dealkylation sites (tertiary alicyclic amines) is 1. The first-order chi connectivity index (χ1) is 15.2. The standard InChI is InChI=1S/C27H25NO2S/c29-27(30)24-11-6-7-17-28(24)26(23-18-31-25-12-5-4-10-22(23)25)21-15-13-20(14-16-21)19-8-2-1-3-9-19/h1-5,8-10,12-16,18,24,26H,6-7,11,17H2,(H,29,30). The van der Waals surface area contributed by atoms with E-state index in [1.165, 1.54) is 26.8 Å². The SMILES string of the molecule is O=C(O)C1CCCCN1C(c1ccc(-c2ccccc2)cc1)c1csc2ccccc12. The Bertz CT molecular complexity index is 1180. The van der Waals surface area contributed by atoms with E-state index in [1.54, 1.807) is 11.3 Å². The van der Waals surface area contributed by atoms with Gasteiger partial charge in [-0.3, -0.25) is 9.69 Å². The van der Waals surface area contributed by atoms with Crippen LogP contribution in [-0.2, 0) is 4.79 Å². The third kappa shape index (κ3) is 3.89. The molecule has 0 radical (unpaired) electrons. The van der Waals surface area contributed by atoms with Crippen LogP contribution in [0.2, 0.25) is 0 Å². The third-order valence-corrected chi connectivity index (χ3v) is 7.28. The smallest absolute Gasteiger partial charge is 0.320 e. The normalized spacial score (nSPS) is 18.1. The number of carboxylic acids is 1. The Hall–Kier alpha value is -2.95. The van der Waals surface area contributed by atoms with Gasteiger partial charge in [0.2, 0.25) is 0 Å². The van der Waals surface area contributed by atoms with Gasteiger partial charge in [0.25, 0.3) is 0 Å². The lowest BCUT2D eigenvalue weighted by Gasteiger charge is -2.39. The van der Waals surface area contributed by atoms with Crippen LogP contribution in [0.4, 0.5) is 0 Å². The van der Waals surface area contributed by atoms with Gasteiger partial charge in [0.05, 0.1) is 6.04 Å². The monoisotopic (exact) mass is 427 g/mol. The quantitative estimate of drug-likeness (QED) is 0.390. The zero-order chi connectivity index (χ0) is 21.2. The number of fused-ring (bicyclic) bond motifs is 1. The zero-order valence-electron chi connectivity index (χ0n) is 17.3. The first kappa shape index (κ1) is 20.0. The van der Waals surface area contributed by atoms with Crippen LogP contribution >= 0.6 is 11.3 Å². The molecule has 156 valence electrons. The molecule has 2 unspecified atom stereocenters. The maximum Gasteiger partial charge on any atom is 0.320 e. The van der Waals surface area contributed by atoms with Crippen molar-refractivity contribution in [3.8, 4) is 11.1 Å². The van der Waals surface area contributed by atoms with Crippen LogP contribution in [0.25, 0.3) is 21.2 Å². The second-order valence-corrected chi connectivity index (χ2v) is 9.08. The number of carbonyl (C=O) groups is 1. The minimum absolute atomic E-state index is 0.0672. The molecule has 1 aromatic heterocycles.